The first-order valence-corrected chi connectivity index (χ1v) is 7.95. The molecule has 1 aliphatic rings. The fraction of sp³-hybridized carbons (Fsp3) is 0.412. The topological polar surface area (TPSA) is 71.4 Å². The van der Waals surface area contributed by atoms with Crippen LogP contribution >= 0.6 is 0 Å². The first-order chi connectivity index (χ1) is 11.5. The highest BCUT2D eigenvalue weighted by molar-refractivity contribution is 5.74. The van der Waals surface area contributed by atoms with E-state index in [1.165, 1.54) is 0 Å². The lowest BCUT2D eigenvalue weighted by atomic mass is 10.1. The number of likely N-dealkylation sites (N-methyl/N-ethyl adjacent to an activating group) is 1. The molecule has 7 heteroatoms. The molecule has 0 fully saturated rings. The predicted molar refractivity (Wildman–Crippen MR) is 90.8 cm³/mol. The molecule has 0 saturated carbocycles. The summed E-state index contributed by atoms with van der Waals surface area (Å²) in [5.41, 5.74) is 2.08. The third kappa shape index (κ3) is 3.51. The SMILES string of the molecule is CN(C)C(CNC(=O)NC1COc2ccccc21)c1cnn(C)c1. The standard InChI is InChI=1S/C17H23N5O2/c1-21(2)15(12-8-19-22(3)10-12)9-18-17(23)20-14-11-24-16-7-5-4-6-13(14)16/h4-8,10,14-15H,9,11H2,1-3H3,(H2,18,20,23). The van der Waals surface area contributed by atoms with Gasteiger partial charge < -0.3 is 20.3 Å². The predicted octanol–water partition coefficient (Wildman–Crippen LogP) is 1.46. The molecule has 2 atom stereocenters. The number of aromatic nitrogens is 2. The van der Waals surface area contributed by atoms with Gasteiger partial charge >= 0.3 is 6.03 Å². The van der Waals surface area contributed by atoms with E-state index in [1.807, 2.05) is 57.8 Å². The quantitative estimate of drug-likeness (QED) is 0.871. The highest BCUT2D eigenvalue weighted by Gasteiger charge is 2.25. The van der Waals surface area contributed by atoms with Gasteiger partial charge in [-0.05, 0) is 20.2 Å². The fourth-order valence-electron chi connectivity index (χ4n) is 2.89. The minimum atomic E-state index is -0.198. The van der Waals surface area contributed by atoms with E-state index in [0.29, 0.717) is 13.2 Å². The van der Waals surface area contributed by atoms with Crippen molar-refractivity contribution in [1.29, 1.82) is 0 Å². The summed E-state index contributed by atoms with van der Waals surface area (Å²) in [7, 11) is 5.85. The van der Waals surface area contributed by atoms with Crippen molar-refractivity contribution in [3.05, 3.63) is 47.8 Å². The summed E-state index contributed by atoms with van der Waals surface area (Å²) in [6, 6.07) is 7.52. The first kappa shape index (κ1) is 16.3. The van der Waals surface area contributed by atoms with Gasteiger partial charge in [0, 0.05) is 30.9 Å². The number of ether oxygens (including phenoxy) is 1. The molecular formula is C17H23N5O2. The van der Waals surface area contributed by atoms with Crippen LogP contribution in [0, 0.1) is 0 Å². The Labute approximate surface area is 141 Å². The lowest BCUT2D eigenvalue weighted by Gasteiger charge is -2.24. The summed E-state index contributed by atoms with van der Waals surface area (Å²) in [6.07, 6.45) is 3.79. The molecular weight excluding hydrogens is 306 g/mol. The Bertz CT molecular complexity index is 713. The third-order valence-electron chi connectivity index (χ3n) is 4.19. The van der Waals surface area contributed by atoms with Gasteiger partial charge in [-0.15, -0.1) is 0 Å². The lowest BCUT2D eigenvalue weighted by Crippen LogP contribution is -2.42. The number of para-hydroxylation sites is 1. The van der Waals surface area contributed by atoms with Crippen LogP contribution in [0.25, 0.3) is 0 Å². The summed E-state index contributed by atoms with van der Waals surface area (Å²) >= 11 is 0. The molecule has 0 saturated heterocycles. The van der Waals surface area contributed by atoms with Crippen LogP contribution in [0.1, 0.15) is 23.2 Å². The minimum absolute atomic E-state index is 0.0663. The van der Waals surface area contributed by atoms with Crippen LogP contribution in [0.3, 0.4) is 0 Å². The number of nitrogens with zero attached hydrogens (tertiary/aromatic N) is 3. The first-order valence-electron chi connectivity index (χ1n) is 7.95. The van der Waals surface area contributed by atoms with E-state index in [0.717, 1.165) is 16.9 Å². The highest BCUT2D eigenvalue weighted by Crippen LogP contribution is 2.31. The number of amides is 2. The van der Waals surface area contributed by atoms with Crippen molar-refractivity contribution in [2.45, 2.75) is 12.1 Å². The zero-order chi connectivity index (χ0) is 17.1. The maximum absolute atomic E-state index is 12.3. The van der Waals surface area contributed by atoms with E-state index < -0.39 is 0 Å². The number of fused-ring (bicyclic) bond motifs is 1. The molecule has 128 valence electrons. The number of benzene rings is 1. The molecule has 24 heavy (non-hydrogen) atoms. The summed E-state index contributed by atoms with van der Waals surface area (Å²) < 4.78 is 7.35. The van der Waals surface area contributed by atoms with E-state index in [1.54, 1.807) is 4.68 Å². The van der Waals surface area contributed by atoms with Crippen molar-refractivity contribution in [3.8, 4) is 5.75 Å². The number of urea groups is 1. The Balaban J connectivity index is 1.57. The Morgan fingerprint density at radius 3 is 2.96 bits per heavy atom. The lowest BCUT2D eigenvalue weighted by molar-refractivity contribution is 0.225. The Morgan fingerprint density at radius 1 is 1.46 bits per heavy atom. The average Bonchev–Trinajstić information content (AvgIpc) is 3.14. The zero-order valence-electron chi connectivity index (χ0n) is 14.2. The van der Waals surface area contributed by atoms with Crippen molar-refractivity contribution in [2.24, 2.45) is 7.05 Å². The maximum atomic E-state index is 12.3. The van der Waals surface area contributed by atoms with E-state index in [-0.39, 0.29) is 18.1 Å². The molecule has 1 aromatic heterocycles. The second kappa shape index (κ2) is 6.92. The second-order valence-electron chi connectivity index (χ2n) is 6.18. The number of nitrogens with one attached hydrogen (secondary N) is 2. The van der Waals surface area contributed by atoms with Gasteiger partial charge in [-0.2, -0.15) is 5.10 Å². The third-order valence-corrected chi connectivity index (χ3v) is 4.19. The van der Waals surface area contributed by atoms with Gasteiger partial charge in [-0.1, -0.05) is 18.2 Å². The Morgan fingerprint density at radius 2 is 2.25 bits per heavy atom. The Hall–Kier alpha value is -2.54. The highest BCUT2D eigenvalue weighted by atomic mass is 16.5. The molecule has 0 aliphatic carbocycles. The van der Waals surface area contributed by atoms with Crippen LogP contribution in [0.15, 0.2) is 36.7 Å². The van der Waals surface area contributed by atoms with Crippen LogP contribution < -0.4 is 15.4 Å². The molecule has 0 spiro atoms. The normalized spacial score (nSPS) is 17.2. The Kier molecular flexibility index (Phi) is 4.71. The molecule has 1 aliphatic heterocycles. The van der Waals surface area contributed by atoms with Crippen molar-refractivity contribution < 1.29 is 9.53 Å². The molecule has 1 aromatic carbocycles. The van der Waals surface area contributed by atoms with E-state index in [4.69, 9.17) is 4.74 Å². The summed E-state index contributed by atoms with van der Waals surface area (Å²) in [6.45, 7) is 0.965. The summed E-state index contributed by atoms with van der Waals surface area (Å²) in [5, 5.41) is 10.1. The van der Waals surface area contributed by atoms with Crippen LogP contribution in [-0.4, -0.2) is 48.0 Å². The molecule has 2 amide bonds. The van der Waals surface area contributed by atoms with Gasteiger partial charge in [0.15, 0.2) is 0 Å². The van der Waals surface area contributed by atoms with E-state index in [9.17, 15) is 4.79 Å². The number of aryl methyl sites for hydroxylation is 1. The second-order valence-corrected chi connectivity index (χ2v) is 6.18. The summed E-state index contributed by atoms with van der Waals surface area (Å²) in [5.74, 6) is 0.837. The molecule has 0 radical (unpaired) electrons. The molecule has 2 aromatic rings. The van der Waals surface area contributed by atoms with Gasteiger partial charge in [0.1, 0.15) is 12.4 Å². The molecule has 3 rings (SSSR count). The fourth-order valence-corrected chi connectivity index (χ4v) is 2.89. The van der Waals surface area contributed by atoms with Gasteiger partial charge in [0.2, 0.25) is 0 Å². The van der Waals surface area contributed by atoms with Crippen LogP contribution in [-0.2, 0) is 7.05 Å². The number of hydrogen-bond acceptors (Lipinski definition) is 4. The van der Waals surface area contributed by atoms with Crippen LogP contribution in [0.5, 0.6) is 5.75 Å². The molecule has 0 bridgehead atoms. The number of hydrogen-bond donors (Lipinski definition) is 2. The van der Waals surface area contributed by atoms with Crippen molar-refractivity contribution in [1.82, 2.24) is 25.3 Å². The van der Waals surface area contributed by atoms with Gasteiger partial charge in [0.05, 0.1) is 18.3 Å². The van der Waals surface area contributed by atoms with Gasteiger partial charge in [-0.3, -0.25) is 4.68 Å². The van der Waals surface area contributed by atoms with Crippen LogP contribution in [0.2, 0.25) is 0 Å². The number of rotatable bonds is 5. The molecule has 2 unspecified atom stereocenters. The van der Waals surface area contributed by atoms with Crippen molar-refractivity contribution >= 4 is 6.03 Å². The largest absolute Gasteiger partial charge is 0.491 e. The minimum Gasteiger partial charge on any atom is -0.491 e. The van der Waals surface area contributed by atoms with Gasteiger partial charge in [0.25, 0.3) is 0 Å². The maximum Gasteiger partial charge on any atom is 0.315 e. The van der Waals surface area contributed by atoms with Crippen molar-refractivity contribution in [2.75, 3.05) is 27.2 Å². The van der Waals surface area contributed by atoms with Crippen LogP contribution in [0.4, 0.5) is 4.79 Å². The molecule has 2 heterocycles. The number of carbonyl (C=O) groups excluding carboxylic acids is 1. The van der Waals surface area contributed by atoms with Crippen molar-refractivity contribution in [3.63, 3.8) is 0 Å². The molecule has 7 nitrogen and oxygen atoms in total. The smallest absolute Gasteiger partial charge is 0.315 e. The zero-order valence-corrected chi connectivity index (χ0v) is 14.2. The van der Waals surface area contributed by atoms with Gasteiger partial charge in [-0.25, -0.2) is 4.79 Å². The summed E-state index contributed by atoms with van der Waals surface area (Å²) in [4.78, 5) is 14.3. The average molecular weight is 329 g/mol. The van der Waals surface area contributed by atoms with E-state index >= 15 is 0 Å². The van der Waals surface area contributed by atoms with E-state index in [2.05, 4.69) is 20.6 Å². The number of carbonyl (C=O) groups is 1. The molecule has 2 N–H and O–H groups in total. The monoisotopic (exact) mass is 329 g/mol.